The minimum Gasteiger partial charge on any atom is -0.496 e. The molecule has 1 aliphatic heterocycles. The van der Waals surface area contributed by atoms with Gasteiger partial charge < -0.3 is 19.7 Å². The number of benzene rings is 1. The van der Waals surface area contributed by atoms with E-state index in [4.69, 9.17) is 9.72 Å². The van der Waals surface area contributed by atoms with Crippen LogP contribution in [0.5, 0.6) is 5.75 Å². The van der Waals surface area contributed by atoms with E-state index >= 15 is 0 Å². The number of nitrogens with one attached hydrogen (secondary N) is 1. The van der Waals surface area contributed by atoms with Crippen molar-refractivity contribution in [2.24, 2.45) is 0 Å². The van der Waals surface area contributed by atoms with Crippen molar-refractivity contribution in [3.8, 4) is 17.3 Å². The van der Waals surface area contributed by atoms with Crippen molar-refractivity contribution in [3.05, 3.63) is 51.9 Å². The van der Waals surface area contributed by atoms with Gasteiger partial charge in [0.15, 0.2) is 5.82 Å². The Morgan fingerprint density at radius 3 is 2.75 bits per heavy atom. The third-order valence-corrected chi connectivity index (χ3v) is 5.38. The van der Waals surface area contributed by atoms with Gasteiger partial charge in [-0.1, -0.05) is 6.07 Å². The molecule has 0 atom stereocenters. The van der Waals surface area contributed by atoms with E-state index in [9.17, 15) is 9.90 Å². The quantitative estimate of drug-likeness (QED) is 0.722. The first-order valence-electron chi connectivity index (χ1n) is 9.46. The molecule has 0 unspecified atom stereocenters. The average Bonchev–Trinajstić information content (AvgIpc) is 2.73. The molecule has 1 aromatic carbocycles. The fraction of sp³-hybridized carbons (Fsp3) is 0.381. The van der Waals surface area contributed by atoms with Crippen molar-refractivity contribution in [2.45, 2.75) is 25.4 Å². The molecule has 3 aromatic rings. The lowest BCUT2D eigenvalue weighted by Crippen LogP contribution is -2.29. The number of rotatable bonds is 4. The summed E-state index contributed by atoms with van der Waals surface area (Å²) >= 11 is 0. The fourth-order valence-corrected chi connectivity index (χ4v) is 3.78. The lowest BCUT2D eigenvalue weighted by molar-refractivity contribution is 0.253. The second-order valence-electron chi connectivity index (χ2n) is 7.29. The Labute approximate surface area is 163 Å². The van der Waals surface area contributed by atoms with Gasteiger partial charge in [-0.2, -0.15) is 0 Å². The van der Waals surface area contributed by atoms with Gasteiger partial charge >= 0.3 is 0 Å². The number of aliphatic hydroxyl groups excluding tert-OH is 1. The van der Waals surface area contributed by atoms with Crippen LogP contribution in [0.3, 0.4) is 0 Å². The van der Waals surface area contributed by atoms with Gasteiger partial charge in [0, 0.05) is 11.6 Å². The van der Waals surface area contributed by atoms with Crippen molar-refractivity contribution >= 4 is 10.9 Å². The third kappa shape index (κ3) is 3.50. The van der Waals surface area contributed by atoms with Gasteiger partial charge in [-0.25, -0.2) is 9.97 Å². The molecule has 3 heterocycles. The largest absolute Gasteiger partial charge is 0.496 e. The number of aromatic amines is 1. The number of pyridine rings is 1. The number of aromatic nitrogens is 3. The highest BCUT2D eigenvalue weighted by Crippen LogP contribution is 2.28. The fourth-order valence-electron chi connectivity index (χ4n) is 3.78. The molecule has 0 saturated carbocycles. The van der Waals surface area contributed by atoms with Gasteiger partial charge in [-0.15, -0.1) is 0 Å². The summed E-state index contributed by atoms with van der Waals surface area (Å²) < 4.78 is 5.31. The highest BCUT2D eigenvalue weighted by atomic mass is 16.5. The van der Waals surface area contributed by atoms with E-state index in [0.717, 1.165) is 31.6 Å². The van der Waals surface area contributed by atoms with Crippen LogP contribution in [-0.2, 0) is 6.61 Å². The predicted octanol–water partition coefficient (Wildman–Crippen LogP) is 2.30. The van der Waals surface area contributed by atoms with Gasteiger partial charge in [-0.05, 0) is 62.8 Å². The number of nitrogens with zero attached hydrogens (tertiary/aromatic N) is 3. The number of aliphatic hydroxyl groups is 1. The van der Waals surface area contributed by atoms with Crippen LogP contribution in [-0.4, -0.2) is 52.2 Å². The standard InChI is InChI=1S/C21H24N4O3/c1-25-8-6-14(7-9-25)15-4-3-5-16(22-15)20-23-17-10-13(12-26)11-18(28-2)19(17)21(27)24-20/h3-5,10-11,14,26H,6-9,12H2,1-2H3,(H,23,24,27). The normalized spacial score (nSPS) is 15.8. The summed E-state index contributed by atoms with van der Waals surface area (Å²) in [4.78, 5) is 27.3. The Kier molecular flexibility index (Phi) is 5.11. The van der Waals surface area contributed by atoms with Crippen LogP contribution in [0.15, 0.2) is 35.1 Å². The molecule has 0 aliphatic carbocycles. The molecule has 146 valence electrons. The molecule has 0 amide bonds. The summed E-state index contributed by atoms with van der Waals surface area (Å²) in [6, 6.07) is 9.22. The monoisotopic (exact) mass is 380 g/mol. The third-order valence-electron chi connectivity index (χ3n) is 5.38. The van der Waals surface area contributed by atoms with Crippen molar-refractivity contribution < 1.29 is 9.84 Å². The maximum atomic E-state index is 12.7. The van der Waals surface area contributed by atoms with Crippen LogP contribution in [0.4, 0.5) is 0 Å². The summed E-state index contributed by atoms with van der Waals surface area (Å²) in [7, 11) is 3.63. The zero-order valence-corrected chi connectivity index (χ0v) is 16.1. The van der Waals surface area contributed by atoms with Crippen LogP contribution < -0.4 is 10.3 Å². The number of piperidine rings is 1. The molecule has 7 heteroatoms. The molecule has 0 radical (unpaired) electrons. The van der Waals surface area contributed by atoms with Crippen molar-refractivity contribution in [1.29, 1.82) is 0 Å². The highest BCUT2D eigenvalue weighted by Gasteiger charge is 2.20. The van der Waals surface area contributed by atoms with Crippen LogP contribution in [0, 0.1) is 0 Å². The van der Waals surface area contributed by atoms with Crippen molar-refractivity contribution in [3.63, 3.8) is 0 Å². The van der Waals surface area contributed by atoms with Gasteiger partial charge in [0.25, 0.3) is 5.56 Å². The molecule has 7 nitrogen and oxygen atoms in total. The van der Waals surface area contributed by atoms with Gasteiger partial charge in [0.2, 0.25) is 0 Å². The predicted molar refractivity (Wildman–Crippen MR) is 108 cm³/mol. The highest BCUT2D eigenvalue weighted by molar-refractivity contribution is 5.86. The number of methoxy groups -OCH3 is 1. The molecule has 4 rings (SSSR count). The van der Waals surface area contributed by atoms with E-state index in [1.807, 2.05) is 18.2 Å². The van der Waals surface area contributed by atoms with Crippen LogP contribution >= 0.6 is 0 Å². The Bertz CT molecular complexity index is 1060. The van der Waals surface area contributed by atoms with E-state index in [1.54, 1.807) is 12.1 Å². The number of ether oxygens (including phenoxy) is 1. The molecular weight excluding hydrogens is 356 g/mol. The lowest BCUT2D eigenvalue weighted by atomic mass is 9.93. The molecule has 28 heavy (non-hydrogen) atoms. The molecule has 0 spiro atoms. The van der Waals surface area contributed by atoms with Crippen LogP contribution in [0.2, 0.25) is 0 Å². The first-order valence-corrected chi connectivity index (χ1v) is 9.46. The van der Waals surface area contributed by atoms with Crippen molar-refractivity contribution in [2.75, 3.05) is 27.2 Å². The molecule has 2 aromatic heterocycles. The summed E-state index contributed by atoms with van der Waals surface area (Å²) in [6.45, 7) is 1.97. The Morgan fingerprint density at radius 1 is 1.25 bits per heavy atom. The first-order chi connectivity index (χ1) is 13.6. The lowest BCUT2D eigenvalue weighted by Gasteiger charge is -2.28. The van der Waals surface area contributed by atoms with Gasteiger partial charge in [-0.3, -0.25) is 4.79 Å². The van der Waals surface area contributed by atoms with E-state index < -0.39 is 0 Å². The smallest absolute Gasteiger partial charge is 0.262 e. The zero-order chi connectivity index (χ0) is 19.7. The molecular formula is C21H24N4O3. The van der Waals surface area contributed by atoms with Crippen LogP contribution in [0.25, 0.3) is 22.4 Å². The number of hydrogen-bond acceptors (Lipinski definition) is 6. The van der Waals surface area contributed by atoms with Crippen molar-refractivity contribution in [1.82, 2.24) is 19.9 Å². The minimum atomic E-state index is -0.284. The minimum absolute atomic E-state index is 0.153. The Balaban J connectivity index is 1.77. The summed E-state index contributed by atoms with van der Waals surface area (Å²) in [5.74, 6) is 1.24. The molecule has 1 aliphatic rings. The Morgan fingerprint density at radius 2 is 2.04 bits per heavy atom. The first kappa shape index (κ1) is 18.6. The maximum absolute atomic E-state index is 12.7. The van der Waals surface area contributed by atoms with E-state index in [0.29, 0.717) is 39.7 Å². The molecule has 1 saturated heterocycles. The summed E-state index contributed by atoms with van der Waals surface area (Å²) in [6.07, 6.45) is 2.15. The topological polar surface area (TPSA) is 91.3 Å². The second-order valence-corrected chi connectivity index (χ2v) is 7.29. The molecule has 0 bridgehead atoms. The molecule has 2 N–H and O–H groups in total. The zero-order valence-electron chi connectivity index (χ0n) is 16.1. The van der Waals surface area contributed by atoms with Gasteiger partial charge in [0.1, 0.15) is 16.8 Å². The molecule has 1 fully saturated rings. The summed E-state index contributed by atoms with van der Waals surface area (Å²) in [5, 5.41) is 9.86. The number of hydrogen-bond donors (Lipinski definition) is 2. The van der Waals surface area contributed by atoms with E-state index in [-0.39, 0.29) is 12.2 Å². The average molecular weight is 380 g/mol. The van der Waals surface area contributed by atoms with Crippen LogP contribution in [0.1, 0.15) is 30.0 Å². The van der Waals surface area contributed by atoms with E-state index in [1.165, 1.54) is 7.11 Å². The number of H-pyrrole nitrogens is 1. The maximum Gasteiger partial charge on any atom is 0.262 e. The van der Waals surface area contributed by atoms with Gasteiger partial charge in [0.05, 0.1) is 19.2 Å². The number of fused-ring (bicyclic) bond motifs is 1. The summed E-state index contributed by atoms with van der Waals surface area (Å²) in [5.41, 5.74) is 2.52. The number of likely N-dealkylation sites (tertiary alicyclic amines) is 1. The Hall–Kier alpha value is -2.77. The van der Waals surface area contributed by atoms with E-state index in [2.05, 4.69) is 21.9 Å². The second kappa shape index (κ2) is 7.69. The SMILES string of the molecule is COc1cc(CO)cc2nc(-c3cccc(C4CCN(C)CC4)n3)[nH]c(=O)c12.